The fourth-order valence-corrected chi connectivity index (χ4v) is 2.86. The molecular formula is C17H22N4O4. The number of amides is 1. The first-order valence-corrected chi connectivity index (χ1v) is 8.27. The van der Waals surface area contributed by atoms with E-state index in [2.05, 4.69) is 20.2 Å². The molecule has 8 nitrogen and oxygen atoms in total. The van der Waals surface area contributed by atoms with Crippen molar-refractivity contribution in [3.05, 3.63) is 51.6 Å². The molecule has 2 aromatic heterocycles. The van der Waals surface area contributed by atoms with E-state index < -0.39 is 11.5 Å². The third kappa shape index (κ3) is 4.15. The maximum atomic E-state index is 12.4. The van der Waals surface area contributed by atoms with Gasteiger partial charge in [0.15, 0.2) is 0 Å². The minimum Gasteiger partial charge on any atom is -0.465 e. The van der Waals surface area contributed by atoms with Crippen LogP contribution in [-0.2, 0) is 4.74 Å². The number of hydrogen-bond donors (Lipinski definition) is 2. The molecule has 1 amide bonds. The second kappa shape index (κ2) is 7.62. The molecule has 2 N–H and O–H groups in total. The average molecular weight is 346 g/mol. The van der Waals surface area contributed by atoms with Gasteiger partial charge in [-0.05, 0) is 26.0 Å². The second-order valence-corrected chi connectivity index (χ2v) is 6.03. The number of ether oxygens (including phenoxy) is 1. The summed E-state index contributed by atoms with van der Waals surface area (Å²) in [5, 5.41) is 2.82. The minimum absolute atomic E-state index is 0.00181. The third-order valence-corrected chi connectivity index (χ3v) is 4.20. The van der Waals surface area contributed by atoms with Crippen molar-refractivity contribution in [3.63, 3.8) is 0 Å². The van der Waals surface area contributed by atoms with E-state index in [1.807, 2.05) is 19.1 Å². The fourth-order valence-electron chi connectivity index (χ4n) is 2.86. The number of rotatable bonds is 5. The second-order valence-electron chi connectivity index (χ2n) is 6.03. The zero-order valence-corrected chi connectivity index (χ0v) is 14.4. The number of aryl methyl sites for hydroxylation is 2. The molecule has 0 aromatic carbocycles. The summed E-state index contributed by atoms with van der Waals surface area (Å²) in [6.07, 6.45) is 1.30. The Bertz CT molecular complexity index is 792. The molecular weight excluding hydrogens is 324 g/mol. The van der Waals surface area contributed by atoms with Gasteiger partial charge in [-0.3, -0.25) is 14.5 Å². The summed E-state index contributed by atoms with van der Waals surface area (Å²) in [5.41, 5.74) is -0.441. The maximum Gasteiger partial charge on any atom is 0.263 e. The molecule has 1 fully saturated rings. The number of furan rings is 1. The van der Waals surface area contributed by atoms with Gasteiger partial charge >= 0.3 is 0 Å². The summed E-state index contributed by atoms with van der Waals surface area (Å²) < 4.78 is 11.2. The Morgan fingerprint density at radius 1 is 1.36 bits per heavy atom. The van der Waals surface area contributed by atoms with Crippen molar-refractivity contribution in [1.82, 2.24) is 20.2 Å². The summed E-state index contributed by atoms with van der Waals surface area (Å²) in [6, 6.07) is 3.71. The SMILES string of the molecule is Cc1ncc(C(=O)NCC(c2ccc(C)o2)N2CCOCC2)c(=O)[nH]1. The molecule has 2 aromatic rings. The highest BCUT2D eigenvalue weighted by molar-refractivity contribution is 5.93. The van der Waals surface area contributed by atoms with Gasteiger partial charge in [0.25, 0.3) is 11.5 Å². The average Bonchev–Trinajstić information content (AvgIpc) is 3.02. The first-order chi connectivity index (χ1) is 12.0. The number of nitrogens with one attached hydrogen (secondary N) is 2. The molecule has 0 saturated carbocycles. The Kier molecular flexibility index (Phi) is 5.30. The van der Waals surface area contributed by atoms with E-state index in [-0.39, 0.29) is 11.6 Å². The smallest absolute Gasteiger partial charge is 0.263 e. The lowest BCUT2D eigenvalue weighted by molar-refractivity contribution is 0.0117. The Morgan fingerprint density at radius 3 is 2.76 bits per heavy atom. The molecule has 1 aliphatic heterocycles. The highest BCUT2D eigenvalue weighted by atomic mass is 16.5. The Labute approximate surface area is 145 Å². The lowest BCUT2D eigenvalue weighted by atomic mass is 10.1. The van der Waals surface area contributed by atoms with Gasteiger partial charge in [0.05, 0.1) is 19.3 Å². The van der Waals surface area contributed by atoms with Gasteiger partial charge in [0.1, 0.15) is 22.9 Å². The van der Waals surface area contributed by atoms with Crippen LogP contribution in [0.1, 0.15) is 33.7 Å². The summed E-state index contributed by atoms with van der Waals surface area (Å²) in [6.45, 7) is 6.68. The molecule has 0 aliphatic carbocycles. The number of aromatic nitrogens is 2. The lowest BCUT2D eigenvalue weighted by Crippen LogP contribution is -2.44. The lowest BCUT2D eigenvalue weighted by Gasteiger charge is -2.33. The van der Waals surface area contributed by atoms with E-state index >= 15 is 0 Å². The number of H-pyrrole nitrogens is 1. The number of hydrogen-bond acceptors (Lipinski definition) is 6. The molecule has 25 heavy (non-hydrogen) atoms. The van der Waals surface area contributed by atoms with Crippen LogP contribution in [0, 0.1) is 13.8 Å². The van der Waals surface area contributed by atoms with E-state index in [1.54, 1.807) is 6.92 Å². The van der Waals surface area contributed by atoms with Crippen LogP contribution in [0.25, 0.3) is 0 Å². The van der Waals surface area contributed by atoms with Crippen molar-refractivity contribution >= 4 is 5.91 Å². The minimum atomic E-state index is -0.449. The molecule has 0 spiro atoms. The maximum absolute atomic E-state index is 12.4. The van der Waals surface area contributed by atoms with Crippen molar-refractivity contribution in [3.8, 4) is 0 Å². The molecule has 134 valence electrons. The van der Waals surface area contributed by atoms with Crippen molar-refractivity contribution in [2.24, 2.45) is 0 Å². The summed E-state index contributed by atoms with van der Waals surface area (Å²) in [7, 11) is 0. The molecule has 3 heterocycles. The van der Waals surface area contributed by atoms with Crippen LogP contribution in [0.5, 0.6) is 0 Å². The van der Waals surface area contributed by atoms with Crippen LogP contribution in [0.4, 0.5) is 0 Å². The molecule has 3 rings (SSSR count). The van der Waals surface area contributed by atoms with Crippen LogP contribution in [0.3, 0.4) is 0 Å². The Hall–Kier alpha value is -2.45. The van der Waals surface area contributed by atoms with Crippen molar-refractivity contribution in [2.45, 2.75) is 19.9 Å². The van der Waals surface area contributed by atoms with E-state index in [9.17, 15) is 9.59 Å². The fraction of sp³-hybridized carbons (Fsp3) is 0.471. The molecule has 8 heteroatoms. The zero-order chi connectivity index (χ0) is 17.8. The standard InChI is InChI=1S/C17H22N4O4/c1-11-3-4-15(25-11)14(21-5-7-24-8-6-21)10-19-16(22)13-9-18-12(2)20-17(13)23/h3-4,9,14H,5-8,10H2,1-2H3,(H,19,22)(H,18,20,23). The monoisotopic (exact) mass is 346 g/mol. The van der Waals surface area contributed by atoms with Crippen molar-refractivity contribution in [1.29, 1.82) is 0 Å². The summed E-state index contributed by atoms with van der Waals surface area (Å²) in [5.74, 6) is 1.63. The summed E-state index contributed by atoms with van der Waals surface area (Å²) in [4.78, 5) is 33.0. The Balaban J connectivity index is 1.73. The highest BCUT2D eigenvalue weighted by Gasteiger charge is 2.26. The molecule has 0 radical (unpaired) electrons. The Morgan fingerprint density at radius 2 is 2.12 bits per heavy atom. The summed E-state index contributed by atoms with van der Waals surface area (Å²) >= 11 is 0. The molecule has 1 aliphatic rings. The van der Waals surface area contributed by atoms with E-state index in [0.29, 0.717) is 25.6 Å². The van der Waals surface area contributed by atoms with Crippen LogP contribution in [0.15, 0.2) is 27.5 Å². The number of morpholine rings is 1. The van der Waals surface area contributed by atoms with Crippen LogP contribution >= 0.6 is 0 Å². The van der Waals surface area contributed by atoms with Gasteiger partial charge in [0.2, 0.25) is 0 Å². The highest BCUT2D eigenvalue weighted by Crippen LogP contribution is 2.23. The van der Waals surface area contributed by atoms with Crippen LogP contribution in [0.2, 0.25) is 0 Å². The number of nitrogens with zero attached hydrogens (tertiary/aromatic N) is 2. The predicted octanol–water partition coefficient (Wildman–Crippen LogP) is 0.783. The van der Waals surface area contributed by atoms with E-state index in [1.165, 1.54) is 6.20 Å². The number of carbonyl (C=O) groups excluding carboxylic acids is 1. The number of carbonyl (C=O) groups is 1. The normalized spacial score (nSPS) is 16.6. The van der Waals surface area contributed by atoms with Gasteiger partial charge in [-0.1, -0.05) is 0 Å². The number of aromatic amines is 1. The van der Waals surface area contributed by atoms with Crippen LogP contribution in [-0.4, -0.2) is 53.6 Å². The first kappa shape index (κ1) is 17.4. The van der Waals surface area contributed by atoms with Gasteiger partial charge in [-0.15, -0.1) is 0 Å². The van der Waals surface area contributed by atoms with Gasteiger partial charge < -0.3 is 19.5 Å². The van der Waals surface area contributed by atoms with Gasteiger partial charge in [-0.25, -0.2) is 4.98 Å². The molecule has 1 atom stereocenters. The molecule has 1 unspecified atom stereocenters. The van der Waals surface area contributed by atoms with Gasteiger partial charge in [-0.2, -0.15) is 0 Å². The van der Waals surface area contributed by atoms with E-state index in [0.717, 1.165) is 24.6 Å². The van der Waals surface area contributed by atoms with Crippen molar-refractivity contribution < 1.29 is 13.9 Å². The van der Waals surface area contributed by atoms with Gasteiger partial charge in [0, 0.05) is 25.8 Å². The molecule has 0 bridgehead atoms. The zero-order valence-electron chi connectivity index (χ0n) is 14.4. The van der Waals surface area contributed by atoms with E-state index in [4.69, 9.17) is 9.15 Å². The first-order valence-electron chi connectivity index (χ1n) is 8.27. The van der Waals surface area contributed by atoms with Crippen LogP contribution < -0.4 is 10.9 Å². The van der Waals surface area contributed by atoms with Crippen molar-refractivity contribution in [2.75, 3.05) is 32.8 Å². The predicted molar refractivity (Wildman–Crippen MR) is 90.5 cm³/mol. The topological polar surface area (TPSA) is 100 Å². The molecule has 1 saturated heterocycles. The largest absolute Gasteiger partial charge is 0.465 e. The quantitative estimate of drug-likeness (QED) is 0.830. The third-order valence-electron chi connectivity index (χ3n) is 4.20.